The third-order valence-corrected chi connectivity index (χ3v) is 3.84. The summed E-state index contributed by atoms with van der Waals surface area (Å²) in [4.78, 5) is 29.8. The van der Waals surface area contributed by atoms with Gasteiger partial charge in [-0.1, -0.05) is 0 Å². The van der Waals surface area contributed by atoms with Crippen LogP contribution in [-0.4, -0.2) is 31.7 Å². The van der Waals surface area contributed by atoms with E-state index in [0.717, 1.165) is 24.2 Å². The number of hydrogen-bond donors (Lipinski definition) is 2. The smallest absolute Gasteiger partial charge is 0.250 e. The number of aryl methyl sites for hydroxylation is 1. The second-order valence-electron chi connectivity index (χ2n) is 5.40. The Morgan fingerprint density at radius 1 is 1.52 bits per heavy atom. The first-order chi connectivity index (χ1) is 10.1. The SMILES string of the molecule is Cc1ccnn1CC(=O)NC1CC(c2cc(=O)[nH]cn2)C1. The Bertz CT molecular complexity index is 699. The van der Waals surface area contributed by atoms with Crippen LogP contribution in [0.3, 0.4) is 0 Å². The Morgan fingerprint density at radius 2 is 2.33 bits per heavy atom. The number of carbonyl (C=O) groups is 1. The highest BCUT2D eigenvalue weighted by molar-refractivity contribution is 5.76. The first-order valence-electron chi connectivity index (χ1n) is 6.94. The minimum atomic E-state index is -0.137. The summed E-state index contributed by atoms with van der Waals surface area (Å²) in [6.07, 6.45) is 4.74. The maximum absolute atomic E-state index is 11.9. The van der Waals surface area contributed by atoms with E-state index in [2.05, 4.69) is 20.4 Å². The van der Waals surface area contributed by atoms with Gasteiger partial charge < -0.3 is 10.3 Å². The van der Waals surface area contributed by atoms with Crippen molar-refractivity contribution in [2.75, 3.05) is 0 Å². The number of nitrogens with zero attached hydrogens (tertiary/aromatic N) is 3. The summed E-state index contributed by atoms with van der Waals surface area (Å²) in [6, 6.07) is 3.54. The molecule has 2 heterocycles. The van der Waals surface area contributed by atoms with Gasteiger partial charge in [-0.2, -0.15) is 5.10 Å². The van der Waals surface area contributed by atoms with Crippen molar-refractivity contribution in [1.29, 1.82) is 0 Å². The average molecular weight is 287 g/mol. The van der Waals surface area contributed by atoms with Gasteiger partial charge in [-0.15, -0.1) is 0 Å². The summed E-state index contributed by atoms with van der Waals surface area (Å²) in [7, 11) is 0. The van der Waals surface area contributed by atoms with Crippen LogP contribution in [0.15, 0.2) is 29.5 Å². The highest BCUT2D eigenvalue weighted by atomic mass is 16.2. The van der Waals surface area contributed by atoms with Gasteiger partial charge in [0.1, 0.15) is 6.54 Å². The predicted octanol–water partition coefficient (Wildman–Crippen LogP) is 0.337. The van der Waals surface area contributed by atoms with E-state index < -0.39 is 0 Å². The summed E-state index contributed by atoms with van der Waals surface area (Å²) in [6.45, 7) is 2.15. The van der Waals surface area contributed by atoms with Crippen LogP contribution in [0.25, 0.3) is 0 Å². The number of aromatic nitrogens is 4. The molecule has 0 aliphatic heterocycles. The molecule has 2 aromatic rings. The lowest BCUT2D eigenvalue weighted by Crippen LogP contribution is -2.45. The highest BCUT2D eigenvalue weighted by Crippen LogP contribution is 2.35. The lowest BCUT2D eigenvalue weighted by Gasteiger charge is -2.35. The predicted molar refractivity (Wildman–Crippen MR) is 75.7 cm³/mol. The summed E-state index contributed by atoms with van der Waals surface area (Å²) >= 11 is 0. The molecule has 1 fully saturated rings. The van der Waals surface area contributed by atoms with Crippen molar-refractivity contribution in [1.82, 2.24) is 25.1 Å². The van der Waals surface area contributed by atoms with Gasteiger partial charge in [0.25, 0.3) is 5.56 Å². The van der Waals surface area contributed by atoms with E-state index in [9.17, 15) is 9.59 Å². The summed E-state index contributed by atoms with van der Waals surface area (Å²) in [5, 5.41) is 7.07. The normalized spacial score (nSPS) is 20.8. The second kappa shape index (κ2) is 5.51. The molecule has 1 amide bonds. The molecule has 7 heteroatoms. The number of H-pyrrole nitrogens is 1. The summed E-state index contributed by atoms with van der Waals surface area (Å²) in [5.74, 6) is 0.216. The number of rotatable bonds is 4. The van der Waals surface area contributed by atoms with Crippen LogP contribution in [0.2, 0.25) is 0 Å². The number of carbonyl (C=O) groups excluding carboxylic acids is 1. The van der Waals surface area contributed by atoms with Crippen molar-refractivity contribution in [2.45, 2.75) is 38.3 Å². The van der Waals surface area contributed by atoms with E-state index in [1.54, 1.807) is 10.9 Å². The topological polar surface area (TPSA) is 92.7 Å². The second-order valence-corrected chi connectivity index (χ2v) is 5.40. The van der Waals surface area contributed by atoms with Crippen LogP contribution >= 0.6 is 0 Å². The fourth-order valence-corrected chi connectivity index (χ4v) is 2.56. The van der Waals surface area contributed by atoms with Crippen molar-refractivity contribution in [3.05, 3.63) is 46.4 Å². The van der Waals surface area contributed by atoms with Gasteiger partial charge in [-0.25, -0.2) is 4.98 Å². The number of nitrogens with one attached hydrogen (secondary N) is 2. The molecule has 21 heavy (non-hydrogen) atoms. The third-order valence-electron chi connectivity index (χ3n) is 3.84. The monoisotopic (exact) mass is 287 g/mol. The highest BCUT2D eigenvalue weighted by Gasteiger charge is 2.32. The molecule has 2 aromatic heterocycles. The van der Waals surface area contributed by atoms with Gasteiger partial charge in [0.05, 0.1) is 12.0 Å². The van der Waals surface area contributed by atoms with Crippen molar-refractivity contribution >= 4 is 5.91 Å². The first kappa shape index (κ1) is 13.5. The van der Waals surface area contributed by atoms with Crippen molar-refractivity contribution in [2.24, 2.45) is 0 Å². The molecule has 0 atom stereocenters. The van der Waals surface area contributed by atoms with Gasteiger partial charge in [-0.05, 0) is 25.8 Å². The summed E-state index contributed by atoms with van der Waals surface area (Å²) < 4.78 is 1.67. The third kappa shape index (κ3) is 3.01. The van der Waals surface area contributed by atoms with Crippen LogP contribution in [0.4, 0.5) is 0 Å². The maximum Gasteiger partial charge on any atom is 0.250 e. The zero-order valence-corrected chi connectivity index (χ0v) is 11.7. The molecule has 0 spiro atoms. The molecule has 0 aromatic carbocycles. The Labute approximate surface area is 121 Å². The van der Waals surface area contributed by atoms with Crippen LogP contribution in [0, 0.1) is 6.92 Å². The fourth-order valence-electron chi connectivity index (χ4n) is 2.56. The van der Waals surface area contributed by atoms with E-state index in [1.807, 2.05) is 13.0 Å². The van der Waals surface area contributed by atoms with Gasteiger partial charge in [0, 0.05) is 29.9 Å². The molecule has 3 rings (SSSR count). The van der Waals surface area contributed by atoms with E-state index in [0.29, 0.717) is 0 Å². The quantitative estimate of drug-likeness (QED) is 0.848. The van der Waals surface area contributed by atoms with Gasteiger partial charge in [0.15, 0.2) is 0 Å². The molecule has 1 aliphatic carbocycles. The van der Waals surface area contributed by atoms with E-state index >= 15 is 0 Å². The lowest BCUT2D eigenvalue weighted by molar-refractivity contribution is -0.123. The van der Waals surface area contributed by atoms with Gasteiger partial charge in [-0.3, -0.25) is 14.3 Å². The van der Waals surface area contributed by atoms with Gasteiger partial charge in [0.2, 0.25) is 5.91 Å². The molecule has 110 valence electrons. The molecule has 0 bridgehead atoms. The maximum atomic E-state index is 11.9. The van der Waals surface area contributed by atoms with Crippen LogP contribution in [0.5, 0.6) is 0 Å². The Hall–Kier alpha value is -2.44. The molecule has 0 saturated heterocycles. The zero-order valence-electron chi connectivity index (χ0n) is 11.7. The standard InChI is InChI=1S/C14H17N5O2/c1-9-2-3-17-19(9)7-14(21)18-11-4-10(5-11)12-6-13(20)16-8-15-12/h2-3,6,8,10-11H,4-5,7H2,1H3,(H,18,21)(H,15,16,20). The van der Waals surface area contributed by atoms with Crippen molar-refractivity contribution < 1.29 is 4.79 Å². The lowest BCUT2D eigenvalue weighted by atomic mass is 9.78. The van der Waals surface area contributed by atoms with E-state index in [4.69, 9.17) is 0 Å². The fraction of sp³-hybridized carbons (Fsp3) is 0.429. The minimum Gasteiger partial charge on any atom is -0.352 e. The van der Waals surface area contributed by atoms with Crippen molar-refractivity contribution in [3.63, 3.8) is 0 Å². The van der Waals surface area contributed by atoms with Gasteiger partial charge >= 0.3 is 0 Å². The molecule has 0 radical (unpaired) electrons. The first-order valence-corrected chi connectivity index (χ1v) is 6.94. The molecule has 0 unspecified atom stereocenters. The Kier molecular flexibility index (Phi) is 3.55. The minimum absolute atomic E-state index is 0.0379. The molecule has 7 nitrogen and oxygen atoms in total. The summed E-state index contributed by atoms with van der Waals surface area (Å²) in [5.41, 5.74) is 1.62. The molecular formula is C14H17N5O2. The largest absolute Gasteiger partial charge is 0.352 e. The number of hydrogen-bond acceptors (Lipinski definition) is 4. The molecule has 1 saturated carbocycles. The molecule has 1 aliphatic rings. The number of aromatic amines is 1. The number of amides is 1. The van der Waals surface area contributed by atoms with Crippen LogP contribution in [0.1, 0.15) is 30.1 Å². The zero-order chi connectivity index (χ0) is 14.8. The van der Waals surface area contributed by atoms with Crippen LogP contribution in [-0.2, 0) is 11.3 Å². The molecular weight excluding hydrogens is 270 g/mol. The Morgan fingerprint density at radius 3 is 3.00 bits per heavy atom. The van der Waals surface area contributed by atoms with Crippen LogP contribution < -0.4 is 10.9 Å². The Balaban J connectivity index is 1.50. The van der Waals surface area contributed by atoms with E-state index in [1.165, 1.54) is 12.4 Å². The van der Waals surface area contributed by atoms with Crippen molar-refractivity contribution in [3.8, 4) is 0 Å². The van der Waals surface area contributed by atoms with E-state index in [-0.39, 0.29) is 30.0 Å². The molecule has 2 N–H and O–H groups in total. The average Bonchev–Trinajstić information content (AvgIpc) is 2.79.